The topological polar surface area (TPSA) is 98.7 Å². The number of aliphatic carboxylic acids is 1. The lowest BCUT2D eigenvalue weighted by molar-refractivity contribution is -0.137. The number of nitrogens with zero attached hydrogens (tertiary/aromatic N) is 1. The van der Waals surface area contributed by atoms with E-state index < -0.39 is 12.0 Å². The average Bonchev–Trinajstić information content (AvgIpc) is 2.24. The molecule has 0 atom stereocenters. The molecule has 0 saturated carbocycles. The van der Waals surface area contributed by atoms with Crippen molar-refractivity contribution < 1.29 is 19.5 Å². The number of hydrogen-bond donors (Lipinski definition) is 3. The number of amides is 3. The summed E-state index contributed by atoms with van der Waals surface area (Å²) in [5, 5.41) is 13.8. The summed E-state index contributed by atoms with van der Waals surface area (Å²) >= 11 is 0. The highest BCUT2D eigenvalue weighted by Gasteiger charge is 2.14. The Balaban J connectivity index is 3.94. The van der Waals surface area contributed by atoms with E-state index in [9.17, 15) is 14.4 Å². The molecule has 0 heterocycles. The Morgan fingerprint density at radius 1 is 1.28 bits per heavy atom. The molecule has 0 rings (SSSR count). The summed E-state index contributed by atoms with van der Waals surface area (Å²) in [6.45, 7) is 5.53. The van der Waals surface area contributed by atoms with Crippen molar-refractivity contribution in [2.45, 2.75) is 33.2 Å². The summed E-state index contributed by atoms with van der Waals surface area (Å²) in [5.74, 6) is -1.21. The Morgan fingerprint density at radius 2 is 1.89 bits per heavy atom. The third kappa shape index (κ3) is 7.48. The minimum absolute atomic E-state index is 0.0624. The molecule has 0 aliphatic rings. The molecule has 0 radical (unpaired) electrons. The molecule has 7 heteroatoms. The van der Waals surface area contributed by atoms with E-state index in [0.717, 1.165) is 4.90 Å². The van der Waals surface area contributed by atoms with E-state index in [1.54, 1.807) is 6.92 Å². The van der Waals surface area contributed by atoms with Gasteiger partial charge in [-0.1, -0.05) is 0 Å². The van der Waals surface area contributed by atoms with Crippen LogP contribution in [0.1, 0.15) is 27.2 Å². The van der Waals surface area contributed by atoms with Crippen molar-refractivity contribution in [2.75, 3.05) is 19.6 Å². The van der Waals surface area contributed by atoms with Gasteiger partial charge in [-0.05, 0) is 20.8 Å². The molecule has 0 unspecified atom stereocenters. The van der Waals surface area contributed by atoms with Crippen LogP contribution in [0.3, 0.4) is 0 Å². The van der Waals surface area contributed by atoms with Crippen LogP contribution in [-0.2, 0) is 9.59 Å². The van der Waals surface area contributed by atoms with Crippen LogP contribution in [0, 0.1) is 0 Å². The normalized spacial score (nSPS) is 10.0. The number of carboxylic acid groups (broad SMARTS) is 1. The van der Waals surface area contributed by atoms with Crippen LogP contribution in [0.15, 0.2) is 0 Å². The first-order valence-electron chi connectivity index (χ1n) is 5.90. The zero-order valence-electron chi connectivity index (χ0n) is 11.0. The van der Waals surface area contributed by atoms with E-state index in [0.29, 0.717) is 6.54 Å². The third-order valence-corrected chi connectivity index (χ3v) is 2.07. The van der Waals surface area contributed by atoms with Gasteiger partial charge in [0.05, 0.1) is 0 Å². The van der Waals surface area contributed by atoms with Crippen molar-refractivity contribution in [3.05, 3.63) is 0 Å². The lowest BCUT2D eigenvalue weighted by Gasteiger charge is -2.19. The number of carboxylic acids is 1. The van der Waals surface area contributed by atoms with Crippen molar-refractivity contribution in [3.8, 4) is 0 Å². The molecular weight excluding hydrogens is 238 g/mol. The van der Waals surface area contributed by atoms with Gasteiger partial charge in [-0.2, -0.15) is 0 Å². The highest BCUT2D eigenvalue weighted by atomic mass is 16.4. The van der Waals surface area contributed by atoms with Gasteiger partial charge >= 0.3 is 12.0 Å². The molecule has 3 amide bonds. The van der Waals surface area contributed by atoms with Crippen molar-refractivity contribution in [2.24, 2.45) is 0 Å². The minimum Gasteiger partial charge on any atom is -0.480 e. The molecule has 0 aromatic rings. The lowest BCUT2D eigenvalue weighted by Crippen LogP contribution is -2.43. The van der Waals surface area contributed by atoms with Gasteiger partial charge in [0.15, 0.2) is 0 Å². The van der Waals surface area contributed by atoms with Gasteiger partial charge in [0.1, 0.15) is 6.54 Å². The maximum Gasteiger partial charge on any atom is 0.323 e. The van der Waals surface area contributed by atoms with Crippen LogP contribution in [0.5, 0.6) is 0 Å². The van der Waals surface area contributed by atoms with Gasteiger partial charge in [-0.3, -0.25) is 9.59 Å². The van der Waals surface area contributed by atoms with Crippen LogP contribution < -0.4 is 10.6 Å². The maximum atomic E-state index is 11.5. The van der Waals surface area contributed by atoms with Gasteiger partial charge in [0, 0.05) is 25.6 Å². The quantitative estimate of drug-likeness (QED) is 0.600. The molecule has 104 valence electrons. The van der Waals surface area contributed by atoms with Crippen molar-refractivity contribution >= 4 is 17.9 Å². The summed E-state index contributed by atoms with van der Waals surface area (Å²) in [4.78, 5) is 34.5. The van der Waals surface area contributed by atoms with Gasteiger partial charge < -0.3 is 20.6 Å². The fourth-order valence-electron chi connectivity index (χ4n) is 1.28. The number of nitrogens with one attached hydrogen (secondary N) is 2. The molecule has 7 nitrogen and oxygen atoms in total. The fourth-order valence-corrected chi connectivity index (χ4v) is 1.28. The summed E-state index contributed by atoms with van der Waals surface area (Å²) in [6, 6.07) is -0.412. The van der Waals surface area contributed by atoms with Crippen LogP contribution in [0.2, 0.25) is 0 Å². The van der Waals surface area contributed by atoms with Crippen LogP contribution in [-0.4, -0.2) is 53.6 Å². The second kappa shape index (κ2) is 8.32. The highest BCUT2D eigenvalue weighted by Crippen LogP contribution is 1.90. The van der Waals surface area contributed by atoms with E-state index >= 15 is 0 Å². The van der Waals surface area contributed by atoms with E-state index in [-0.39, 0.29) is 31.5 Å². The molecular formula is C11H21N3O4. The number of carbonyl (C=O) groups excluding carboxylic acids is 2. The summed E-state index contributed by atoms with van der Waals surface area (Å²) in [5.41, 5.74) is 0. The van der Waals surface area contributed by atoms with E-state index in [1.807, 2.05) is 13.8 Å². The molecule has 0 bridgehead atoms. The maximum absolute atomic E-state index is 11.5. The first-order valence-corrected chi connectivity index (χ1v) is 5.90. The van der Waals surface area contributed by atoms with E-state index in [2.05, 4.69) is 10.6 Å². The molecule has 0 aliphatic carbocycles. The largest absolute Gasteiger partial charge is 0.480 e. The Hall–Kier alpha value is -1.79. The van der Waals surface area contributed by atoms with Gasteiger partial charge in [0.25, 0.3) is 0 Å². The van der Waals surface area contributed by atoms with Crippen LogP contribution in [0.4, 0.5) is 4.79 Å². The van der Waals surface area contributed by atoms with E-state index in [4.69, 9.17) is 5.11 Å². The number of hydrogen-bond acceptors (Lipinski definition) is 3. The smallest absolute Gasteiger partial charge is 0.323 e. The average molecular weight is 259 g/mol. The highest BCUT2D eigenvalue weighted by molar-refractivity contribution is 5.81. The second-order valence-electron chi connectivity index (χ2n) is 4.11. The zero-order chi connectivity index (χ0) is 14.1. The number of likely N-dealkylation sites (N-methyl/N-ethyl adjacent to an activating group) is 1. The summed E-state index contributed by atoms with van der Waals surface area (Å²) < 4.78 is 0. The Bertz CT molecular complexity index is 305. The Labute approximate surface area is 107 Å². The summed E-state index contributed by atoms with van der Waals surface area (Å²) in [7, 11) is 0. The predicted molar refractivity (Wildman–Crippen MR) is 66.2 cm³/mol. The lowest BCUT2D eigenvalue weighted by atomic mass is 10.3. The molecule has 0 aromatic heterocycles. The zero-order valence-corrected chi connectivity index (χ0v) is 11.0. The van der Waals surface area contributed by atoms with Gasteiger partial charge in [-0.25, -0.2) is 4.79 Å². The number of urea groups is 1. The van der Waals surface area contributed by atoms with E-state index in [1.165, 1.54) is 0 Å². The molecule has 0 spiro atoms. The van der Waals surface area contributed by atoms with Gasteiger partial charge in [-0.15, -0.1) is 0 Å². The van der Waals surface area contributed by atoms with Gasteiger partial charge in [0.2, 0.25) is 5.91 Å². The first-order chi connectivity index (χ1) is 8.36. The third-order valence-electron chi connectivity index (χ3n) is 2.07. The molecule has 0 aromatic carbocycles. The van der Waals surface area contributed by atoms with Crippen molar-refractivity contribution in [1.29, 1.82) is 0 Å². The minimum atomic E-state index is -1.07. The van der Waals surface area contributed by atoms with Crippen molar-refractivity contribution in [1.82, 2.24) is 15.5 Å². The Kier molecular flexibility index (Phi) is 7.50. The number of carbonyl (C=O) groups is 3. The predicted octanol–water partition coefficient (Wildman–Crippen LogP) is 0.0172. The molecule has 18 heavy (non-hydrogen) atoms. The number of rotatable bonds is 7. The molecule has 0 fully saturated rings. The molecule has 0 saturated heterocycles. The monoisotopic (exact) mass is 259 g/mol. The first kappa shape index (κ1) is 16.2. The molecule has 3 N–H and O–H groups in total. The second-order valence-corrected chi connectivity index (χ2v) is 4.11. The fraction of sp³-hybridized carbons (Fsp3) is 0.727. The Morgan fingerprint density at radius 3 is 2.33 bits per heavy atom. The van der Waals surface area contributed by atoms with Crippen LogP contribution >= 0.6 is 0 Å². The summed E-state index contributed by atoms with van der Waals surface area (Å²) in [6.07, 6.45) is 0.175. The SMILES string of the molecule is CCN(CC(=O)O)C(=O)NCCC(=O)NC(C)C. The standard InChI is InChI=1S/C11H21N3O4/c1-4-14(7-10(16)17)11(18)12-6-5-9(15)13-8(2)3/h8H,4-7H2,1-3H3,(H,12,18)(H,13,15)(H,16,17). The molecule has 0 aliphatic heterocycles. The van der Waals surface area contributed by atoms with Crippen LogP contribution in [0.25, 0.3) is 0 Å². The van der Waals surface area contributed by atoms with Crippen molar-refractivity contribution in [3.63, 3.8) is 0 Å².